The highest BCUT2D eigenvalue weighted by Crippen LogP contribution is 2.24. The van der Waals surface area contributed by atoms with E-state index < -0.39 is 0 Å². The van der Waals surface area contributed by atoms with Crippen LogP contribution in [-0.2, 0) is 16.0 Å². The van der Waals surface area contributed by atoms with Gasteiger partial charge in [-0.15, -0.1) is 0 Å². The third-order valence-electron chi connectivity index (χ3n) is 5.59. The van der Waals surface area contributed by atoms with E-state index in [9.17, 15) is 9.18 Å². The van der Waals surface area contributed by atoms with Crippen molar-refractivity contribution >= 4 is 5.91 Å². The lowest BCUT2D eigenvalue weighted by molar-refractivity contribution is -0.138. The highest BCUT2D eigenvalue weighted by Gasteiger charge is 2.27. The number of hydrogen-bond acceptors (Lipinski definition) is 5. The first-order valence-corrected chi connectivity index (χ1v) is 10.3. The van der Waals surface area contributed by atoms with Crippen molar-refractivity contribution in [1.29, 1.82) is 0 Å². The molecule has 3 aromatic rings. The maximum atomic E-state index is 13.2. The number of carbonyl (C=O) groups excluding carboxylic acids is 1. The van der Waals surface area contributed by atoms with Gasteiger partial charge in [0.05, 0.1) is 25.3 Å². The van der Waals surface area contributed by atoms with Gasteiger partial charge >= 0.3 is 0 Å². The maximum Gasteiger partial charge on any atom is 0.251 e. The Kier molecular flexibility index (Phi) is 5.82. The molecule has 1 aromatic carbocycles. The van der Waals surface area contributed by atoms with Crippen molar-refractivity contribution in [3.05, 3.63) is 70.1 Å². The number of benzene rings is 1. The lowest BCUT2D eigenvalue weighted by Crippen LogP contribution is -2.43. The molecule has 3 heterocycles. The standard InChI is InChI=1S/C23H26FN5O2/c1-14-11-15(2)26-23(25-14)29-17(4)20(16(3)27-29)12-22(30)28-9-10-31-21(13-28)18-5-7-19(24)8-6-18/h5-8,11,21H,9-10,12-13H2,1-4H3/t21-/m0/s1. The van der Waals surface area contributed by atoms with E-state index in [2.05, 4.69) is 15.1 Å². The summed E-state index contributed by atoms with van der Waals surface area (Å²) < 4.78 is 20.7. The molecule has 0 spiro atoms. The lowest BCUT2D eigenvalue weighted by atomic mass is 10.1. The molecule has 1 aliphatic rings. The topological polar surface area (TPSA) is 73.1 Å². The van der Waals surface area contributed by atoms with Crippen molar-refractivity contribution in [3.8, 4) is 5.95 Å². The number of amides is 1. The fourth-order valence-corrected chi connectivity index (χ4v) is 3.95. The number of aryl methyl sites for hydroxylation is 3. The van der Waals surface area contributed by atoms with E-state index in [1.54, 1.807) is 21.7 Å². The maximum absolute atomic E-state index is 13.2. The second kappa shape index (κ2) is 8.55. The van der Waals surface area contributed by atoms with Crippen molar-refractivity contribution in [3.63, 3.8) is 0 Å². The molecule has 0 saturated carbocycles. The number of hydrogen-bond donors (Lipinski definition) is 0. The van der Waals surface area contributed by atoms with Gasteiger partial charge in [0, 0.05) is 29.2 Å². The molecule has 4 rings (SSSR count). The third-order valence-corrected chi connectivity index (χ3v) is 5.59. The molecule has 0 bridgehead atoms. The Morgan fingerprint density at radius 2 is 1.81 bits per heavy atom. The van der Waals surface area contributed by atoms with Crippen LogP contribution in [0.25, 0.3) is 5.95 Å². The zero-order valence-corrected chi connectivity index (χ0v) is 18.2. The van der Waals surface area contributed by atoms with Crippen molar-refractivity contribution in [2.24, 2.45) is 0 Å². The Labute approximate surface area is 180 Å². The summed E-state index contributed by atoms with van der Waals surface area (Å²) in [6.07, 6.45) is -0.00890. The van der Waals surface area contributed by atoms with Gasteiger partial charge in [-0.1, -0.05) is 12.1 Å². The summed E-state index contributed by atoms with van der Waals surface area (Å²) in [6.45, 7) is 9.09. The first kappa shape index (κ1) is 21.1. The molecule has 1 amide bonds. The zero-order chi connectivity index (χ0) is 22.1. The molecule has 1 atom stereocenters. The summed E-state index contributed by atoms with van der Waals surface area (Å²) in [7, 11) is 0. The van der Waals surface area contributed by atoms with Gasteiger partial charge in [-0.25, -0.2) is 19.0 Å². The highest BCUT2D eigenvalue weighted by molar-refractivity contribution is 5.79. The van der Waals surface area contributed by atoms with Crippen LogP contribution in [0.5, 0.6) is 0 Å². The zero-order valence-electron chi connectivity index (χ0n) is 18.2. The molecule has 0 N–H and O–H groups in total. The minimum Gasteiger partial charge on any atom is -0.370 e. The third kappa shape index (κ3) is 4.49. The number of rotatable bonds is 4. The summed E-state index contributed by atoms with van der Waals surface area (Å²) in [6, 6.07) is 8.15. The van der Waals surface area contributed by atoms with Crippen LogP contribution in [0.2, 0.25) is 0 Å². The quantitative estimate of drug-likeness (QED) is 0.645. The van der Waals surface area contributed by atoms with Gasteiger partial charge in [0.1, 0.15) is 11.9 Å². The van der Waals surface area contributed by atoms with Crippen molar-refractivity contribution in [1.82, 2.24) is 24.6 Å². The minimum atomic E-state index is -0.289. The smallest absolute Gasteiger partial charge is 0.251 e. The van der Waals surface area contributed by atoms with E-state index in [1.165, 1.54) is 12.1 Å². The Morgan fingerprint density at radius 3 is 2.48 bits per heavy atom. The number of morpholine rings is 1. The van der Waals surface area contributed by atoms with Gasteiger partial charge in [-0.2, -0.15) is 5.10 Å². The molecule has 2 aromatic heterocycles. The van der Waals surface area contributed by atoms with Crippen LogP contribution in [0.4, 0.5) is 4.39 Å². The molecule has 7 nitrogen and oxygen atoms in total. The predicted molar refractivity (Wildman–Crippen MR) is 113 cm³/mol. The molecule has 1 aliphatic heterocycles. The van der Waals surface area contributed by atoms with Gasteiger partial charge in [0.25, 0.3) is 5.95 Å². The van der Waals surface area contributed by atoms with Crippen molar-refractivity contribution < 1.29 is 13.9 Å². The van der Waals surface area contributed by atoms with Crippen LogP contribution in [0.3, 0.4) is 0 Å². The molecule has 0 radical (unpaired) electrons. The lowest BCUT2D eigenvalue weighted by Gasteiger charge is -2.33. The molecule has 8 heteroatoms. The van der Waals surface area contributed by atoms with Gasteiger partial charge in [-0.3, -0.25) is 4.79 Å². The summed E-state index contributed by atoms with van der Waals surface area (Å²) in [5.74, 6) is 0.241. The molecule has 1 fully saturated rings. The van der Waals surface area contributed by atoms with E-state index in [1.807, 2.05) is 33.8 Å². The van der Waals surface area contributed by atoms with Crippen LogP contribution in [0.1, 0.15) is 40.0 Å². The van der Waals surface area contributed by atoms with E-state index in [0.717, 1.165) is 33.9 Å². The van der Waals surface area contributed by atoms with Crippen molar-refractivity contribution in [2.75, 3.05) is 19.7 Å². The Balaban J connectivity index is 1.52. The second-order valence-corrected chi connectivity index (χ2v) is 7.94. The van der Waals surface area contributed by atoms with E-state index in [4.69, 9.17) is 4.74 Å². The Morgan fingerprint density at radius 1 is 1.13 bits per heavy atom. The van der Waals surface area contributed by atoms with Crippen molar-refractivity contribution in [2.45, 2.75) is 40.2 Å². The first-order valence-electron chi connectivity index (χ1n) is 10.3. The summed E-state index contributed by atoms with van der Waals surface area (Å²) in [4.78, 5) is 23.9. The molecular formula is C23H26FN5O2. The molecule has 162 valence electrons. The average Bonchev–Trinajstić information content (AvgIpc) is 3.02. The number of aromatic nitrogens is 4. The Hall–Kier alpha value is -3.13. The summed E-state index contributed by atoms with van der Waals surface area (Å²) in [5, 5.41) is 4.59. The van der Waals surface area contributed by atoms with E-state index in [0.29, 0.717) is 25.6 Å². The fraction of sp³-hybridized carbons (Fsp3) is 0.391. The van der Waals surface area contributed by atoms with Gasteiger partial charge in [0.15, 0.2) is 0 Å². The molecule has 31 heavy (non-hydrogen) atoms. The molecule has 1 saturated heterocycles. The summed E-state index contributed by atoms with van der Waals surface area (Å²) >= 11 is 0. The van der Waals surface area contributed by atoms with Crippen LogP contribution >= 0.6 is 0 Å². The largest absolute Gasteiger partial charge is 0.370 e. The van der Waals surface area contributed by atoms with Gasteiger partial charge < -0.3 is 9.64 Å². The van der Waals surface area contributed by atoms with Crippen LogP contribution in [0, 0.1) is 33.5 Å². The van der Waals surface area contributed by atoms with Crippen LogP contribution in [-0.4, -0.2) is 50.3 Å². The van der Waals surface area contributed by atoms with Gasteiger partial charge in [0.2, 0.25) is 5.91 Å². The predicted octanol–water partition coefficient (Wildman–Crippen LogP) is 3.18. The molecule has 0 aliphatic carbocycles. The van der Waals surface area contributed by atoms with Gasteiger partial charge in [-0.05, 0) is 51.5 Å². The van der Waals surface area contributed by atoms with Crippen LogP contribution < -0.4 is 0 Å². The first-order chi connectivity index (χ1) is 14.8. The normalized spacial score (nSPS) is 16.5. The van der Waals surface area contributed by atoms with Crippen LogP contribution in [0.15, 0.2) is 30.3 Å². The number of ether oxygens (including phenoxy) is 1. The molecule has 0 unspecified atom stereocenters. The average molecular weight is 423 g/mol. The fourth-order valence-electron chi connectivity index (χ4n) is 3.95. The van der Waals surface area contributed by atoms with E-state index in [-0.39, 0.29) is 24.2 Å². The molecular weight excluding hydrogens is 397 g/mol. The summed E-state index contributed by atoms with van der Waals surface area (Å²) in [5.41, 5.74) is 5.14. The number of nitrogens with zero attached hydrogens (tertiary/aromatic N) is 5. The Bertz CT molecular complexity index is 1090. The van der Waals surface area contributed by atoms with E-state index >= 15 is 0 Å². The number of carbonyl (C=O) groups is 1. The SMILES string of the molecule is Cc1cc(C)nc(-n2nc(C)c(CC(=O)N3CCO[C@H](c4ccc(F)cc4)C3)c2C)n1. The second-order valence-electron chi connectivity index (χ2n) is 7.94. The highest BCUT2D eigenvalue weighted by atomic mass is 19.1. The number of halogens is 1. The monoisotopic (exact) mass is 423 g/mol. The minimum absolute atomic E-state index is 0.0162.